The van der Waals surface area contributed by atoms with Crippen LogP contribution in [-0.4, -0.2) is 36.9 Å². The van der Waals surface area contributed by atoms with Gasteiger partial charge < -0.3 is 19.9 Å². The van der Waals surface area contributed by atoms with E-state index < -0.39 is 12.1 Å². The molecule has 0 amide bonds. The molecule has 1 aliphatic heterocycles. The number of benzene rings is 1. The van der Waals surface area contributed by atoms with Crippen LogP contribution in [-0.2, 0) is 14.3 Å². The molecule has 0 radical (unpaired) electrons. The Morgan fingerprint density at radius 3 is 2.62 bits per heavy atom. The third-order valence-electron chi connectivity index (χ3n) is 4.09. The zero-order valence-electron chi connectivity index (χ0n) is 14.8. The summed E-state index contributed by atoms with van der Waals surface area (Å²) >= 11 is 0. The van der Waals surface area contributed by atoms with E-state index in [-0.39, 0.29) is 18.2 Å². The molecule has 0 spiro atoms. The first-order chi connectivity index (χ1) is 11.5. The van der Waals surface area contributed by atoms with Gasteiger partial charge in [0.1, 0.15) is 30.1 Å². The van der Waals surface area contributed by atoms with Gasteiger partial charge in [0.2, 0.25) is 0 Å². The Hall–Kier alpha value is -1.59. The molecule has 5 nitrogen and oxygen atoms in total. The zero-order valence-corrected chi connectivity index (χ0v) is 14.8. The normalized spacial score (nSPS) is 28.6. The Kier molecular flexibility index (Phi) is 7.06. The van der Waals surface area contributed by atoms with Crippen molar-refractivity contribution in [2.45, 2.75) is 64.4 Å². The predicted octanol–water partition coefficient (Wildman–Crippen LogP) is 2.92. The summed E-state index contributed by atoms with van der Waals surface area (Å²) in [7, 11) is 0. The molecule has 1 saturated heterocycles. The SMILES string of the molecule is CC(C)CO[C@H]1[C@H](C)OC(=O)[C@@H](N)CCC[C@@H]1Oc1ccccc1. The molecule has 134 valence electrons. The Morgan fingerprint density at radius 1 is 1.25 bits per heavy atom. The van der Waals surface area contributed by atoms with Crippen LogP contribution in [0.4, 0.5) is 0 Å². The van der Waals surface area contributed by atoms with Gasteiger partial charge in [-0.3, -0.25) is 4.79 Å². The van der Waals surface area contributed by atoms with Crippen LogP contribution < -0.4 is 10.5 Å². The Labute approximate surface area is 144 Å². The minimum atomic E-state index is -0.575. The molecule has 2 rings (SSSR count). The van der Waals surface area contributed by atoms with Gasteiger partial charge in [-0.25, -0.2) is 0 Å². The summed E-state index contributed by atoms with van der Waals surface area (Å²) in [5, 5.41) is 0. The van der Waals surface area contributed by atoms with Crippen LogP contribution in [0.2, 0.25) is 0 Å². The number of ether oxygens (including phenoxy) is 3. The summed E-state index contributed by atoms with van der Waals surface area (Å²) in [4.78, 5) is 12.0. The number of hydrogen-bond donors (Lipinski definition) is 1. The number of carbonyl (C=O) groups excluding carboxylic acids is 1. The number of carbonyl (C=O) groups is 1. The highest BCUT2D eigenvalue weighted by Gasteiger charge is 2.35. The van der Waals surface area contributed by atoms with Gasteiger partial charge in [-0.1, -0.05) is 32.0 Å². The maximum absolute atomic E-state index is 12.0. The molecule has 0 saturated carbocycles. The van der Waals surface area contributed by atoms with Crippen LogP contribution in [0, 0.1) is 5.92 Å². The summed E-state index contributed by atoms with van der Waals surface area (Å²) in [6.07, 6.45) is 1.25. The summed E-state index contributed by atoms with van der Waals surface area (Å²) < 4.78 is 17.8. The average Bonchev–Trinajstić information content (AvgIpc) is 2.58. The number of esters is 1. The molecule has 0 unspecified atom stereocenters. The number of cyclic esters (lactones) is 1. The van der Waals surface area contributed by atoms with E-state index in [4.69, 9.17) is 19.9 Å². The van der Waals surface area contributed by atoms with E-state index in [9.17, 15) is 4.79 Å². The summed E-state index contributed by atoms with van der Waals surface area (Å²) in [5.74, 6) is 0.823. The van der Waals surface area contributed by atoms with Gasteiger partial charge >= 0.3 is 5.97 Å². The molecular formula is C19H29NO4. The summed E-state index contributed by atoms with van der Waals surface area (Å²) in [6, 6.07) is 9.10. The lowest BCUT2D eigenvalue weighted by Crippen LogP contribution is -2.45. The van der Waals surface area contributed by atoms with Crippen LogP contribution >= 0.6 is 0 Å². The van der Waals surface area contributed by atoms with Crippen LogP contribution in [0.25, 0.3) is 0 Å². The average molecular weight is 335 g/mol. The van der Waals surface area contributed by atoms with Gasteiger partial charge in [0.15, 0.2) is 0 Å². The monoisotopic (exact) mass is 335 g/mol. The van der Waals surface area contributed by atoms with E-state index in [1.807, 2.05) is 37.3 Å². The third-order valence-corrected chi connectivity index (χ3v) is 4.09. The first kappa shape index (κ1) is 18.7. The van der Waals surface area contributed by atoms with E-state index in [0.29, 0.717) is 18.9 Å². The highest BCUT2D eigenvalue weighted by molar-refractivity contribution is 5.75. The largest absolute Gasteiger partial charge is 0.488 e. The molecule has 1 fully saturated rings. The van der Waals surface area contributed by atoms with Crippen molar-refractivity contribution in [3.63, 3.8) is 0 Å². The van der Waals surface area contributed by atoms with Crippen molar-refractivity contribution in [1.82, 2.24) is 0 Å². The lowest BCUT2D eigenvalue weighted by atomic mass is 10.0. The smallest absolute Gasteiger partial charge is 0.323 e. The van der Waals surface area contributed by atoms with Crippen molar-refractivity contribution < 1.29 is 19.0 Å². The molecule has 1 aliphatic rings. The maximum atomic E-state index is 12.0. The van der Waals surface area contributed by atoms with E-state index in [1.54, 1.807) is 0 Å². The second-order valence-electron chi connectivity index (χ2n) is 6.84. The van der Waals surface area contributed by atoms with Crippen molar-refractivity contribution in [3.8, 4) is 5.75 Å². The fraction of sp³-hybridized carbons (Fsp3) is 0.632. The molecular weight excluding hydrogens is 306 g/mol. The van der Waals surface area contributed by atoms with Crippen molar-refractivity contribution in [1.29, 1.82) is 0 Å². The second kappa shape index (κ2) is 9.04. The summed E-state index contributed by atoms with van der Waals surface area (Å²) in [6.45, 7) is 6.62. The van der Waals surface area contributed by atoms with E-state index >= 15 is 0 Å². The lowest BCUT2D eigenvalue weighted by Gasteiger charge is -2.31. The Bertz CT molecular complexity index is 505. The topological polar surface area (TPSA) is 70.8 Å². The van der Waals surface area contributed by atoms with Crippen LogP contribution in [0.1, 0.15) is 40.0 Å². The highest BCUT2D eigenvalue weighted by Crippen LogP contribution is 2.24. The molecule has 24 heavy (non-hydrogen) atoms. The Balaban J connectivity index is 2.17. The van der Waals surface area contributed by atoms with Crippen molar-refractivity contribution in [2.24, 2.45) is 11.7 Å². The molecule has 1 heterocycles. The number of hydrogen-bond acceptors (Lipinski definition) is 5. The molecule has 1 aromatic rings. The predicted molar refractivity (Wildman–Crippen MR) is 92.8 cm³/mol. The molecule has 0 bridgehead atoms. The van der Waals surface area contributed by atoms with Crippen LogP contribution in [0.3, 0.4) is 0 Å². The number of nitrogens with two attached hydrogens (primary N) is 1. The number of para-hydroxylation sites is 1. The third kappa shape index (κ3) is 5.49. The van der Waals surface area contributed by atoms with E-state index in [2.05, 4.69) is 13.8 Å². The van der Waals surface area contributed by atoms with Crippen molar-refractivity contribution in [2.75, 3.05) is 6.61 Å². The van der Waals surface area contributed by atoms with E-state index in [0.717, 1.165) is 18.6 Å². The minimum absolute atomic E-state index is 0.181. The van der Waals surface area contributed by atoms with Gasteiger partial charge in [0, 0.05) is 6.61 Å². The molecule has 1 aromatic carbocycles. The fourth-order valence-corrected chi connectivity index (χ4v) is 2.81. The molecule has 2 N–H and O–H groups in total. The molecule has 0 aromatic heterocycles. The first-order valence-electron chi connectivity index (χ1n) is 8.76. The van der Waals surface area contributed by atoms with Gasteiger partial charge in [-0.2, -0.15) is 0 Å². The summed E-state index contributed by atoms with van der Waals surface area (Å²) in [5.41, 5.74) is 5.89. The van der Waals surface area contributed by atoms with Crippen LogP contribution in [0.5, 0.6) is 5.75 Å². The van der Waals surface area contributed by atoms with Crippen molar-refractivity contribution >= 4 is 5.97 Å². The first-order valence-corrected chi connectivity index (χ1v) is 8.76. The molecule has 4 atom stereocenters. The quantitative estimate of drug-likeness (QED) is 0.838. The zero-order chi connectivity index (χ0) is 17.5. The van der Waals surface area contributed by atoms with Crippen LogP contribution in [0.15, 0.2) is 30.3 Å². The number of rotatable bonds is 5. The minimum Gasteiger partial charge on any atom is -0.488 e. The van der Waals surface area contributed by atoms with Gasteiger partial charge in [0.05, 0.1) is 0 Å². The Morgan fingerprint density at radius 2 is 1.96 bits per heavy atom. The van der Waals surface area contributed by atoms with Gasteiger partial charge in [-0.05, 0) is 44.2 Å². The lowest BCUT2D eigenvalue weighted by molar-refractivity contribution is -0.163. The second-order valence-corrected chi connectivity index (χ2v) is 6.84. The maximum Gasteiger partial charge on any atom is 0.323 e. The standard InChI is InChI=1S/C19H29NO4/c1-13(2)12-22-18-14(3)23-19(21)16(20)10-7-11-17(18)24-15-8-5-4-6-9-15/h4-6,8-9,13-14,16-18H,7,10-12,20H2,1-3H3/t14-,16-,17-,18-/m0/s1. The fourth-order valence-electron chi connectivity index (χ4n) is 2.81. The van der Waals surface area contributed by atoms with Crippen molar-refractivity contribution in [3.05, 3.63) is 30.3 Å². The molecule has 5 heteroatoms. The molecule has 0 aliphatic carbocycles. The van der Waals surface area contributed by atoms with Gasteiger partial charge in [0.25, 0.3) is 0 Å². The highest BCUT2D eigenvalue weighted by atomic mass is 16.6. The van der Waals surface area contributed by atoms with E-state index in [1.165, 1.54) is 0 Å². The van der Waals surface area contributed by atoms with Gasteiger partial charge in [-0.15, -0.1) is 0 Å².